The first-order chi connectivity index (χ1) is 23.3. The van der Waals surface area contributed by atoms with E-state index in [1.807, 2.05) is 0 Å². The first-order valence-corrected chi connectivity index (χ1v) is 16.1. The molecule has 0 radical (unpaired) electrons. The van der Waals surface area contributed by atoms with Crippen LogP contribution >= 0.6 is 0 Å². The van der Waals surface area contributed by atoms with Gasteiger partial charge in [-0.2, -0.15) is 0 Å². The van der Waals surface area contributed by atoms with Crippen LogP contribution in [0.15, 0.2) is 158 Å². The standard InChI is InChI=1S/C43H26N4/c1-3-13-27(14-4-1)45-37-21-11-8-18-31(37)41-39(45)24-23-30-32-26-40-33(29-17-7-10-20-36(29)46(40)28-15-5-2-6-16-28)25-34(32)43-44-35-19-9-12-22-38(35)47(43)42(30)41/h1-26H. The van der Waals surface area contributed by atoms with E-state index in [-0.39, 0.29) is 0 Å². The molecular weight excluding hydrogens is 573 g/mol. The van der Waals surface area contributed by atoms with Crippen LogP contribution in [0.25, 0.3) is 93.3 Å². The van der Waals surface area contributed by atoms with Gasteiger partial charge in [-0.15, -0.1) is 0 Å². The maximum absolute atomic E-state index is 5.35. The van der Waals surface area contributed by atoms with Crippen molar-refractivity contribution in [2.75, 3.05) is 0 Å². The number of fused-ring (bicyclic) bond motifs is 15. The largest absolute Gasteiger partial charge is 0.309 e. The summed E-state index contributed by atoms with van der Waals surface area (Å²) in [4.78, 5) is 5.35. The lowest BCUT2D eigenvalue weighted by Crippen LogP contribution is -1.96. The van der Waals surface area contributed by atoms with Gasteiger partial charge >= 0.3 is 0 Å². The Morgan fingerprint density at radius 2 is 0.957 bits per heavy atom. The number of nitrogens with zero attached hydrogens (tertiary/aromatic N) is 4. The van der Waals surface area contributed by atoms with E-state index in [2.05, 4.69) is 171 Å². The maximum Gasteiger partial charge on any atom is 0.146 e. The highest BCUT2D eigenvalue weighted by Crippen LogP contribution is 2.43. The zero-order valence-corrected chi connectivity index (χ0v) is 25.3. The smallest absolute Gasteiger partial charge is 0.146 e. The molecule has 4 aromatic heterocycles. The average molecular weight is 599 g/mol. The number of rotatable bonds is 2. The highest BCUT2D eigenvalue weighted by atomic mass is 15.0. The molecule has 0 saturated heterocycles. The third-order valence-corrected chi connectivity index (χ3v) is 9.97. The molecule has 0 aliphatic carbocycles. The van der Waals surface area contributed by atoms with Crippen LogP contribution in [0.1, 0.15) is 0 Å². The fourth-order valence-electron chi connectivity index (χ4n) is 8.06. The summed E-state index contributed by atoms with van der Waals surface area (Å²) < 4.78 is 7.22. The molecular formula is C43H26N4. The van der Waals surface area contributed by atoms with E-state index in [0.717, 1.165) is 33.4 Å². The summed E-state index contributed by atoms with van der Waals surface area (Å²) >= 11 is 0. The van der Waals surface area contributed by atoms with Crippen molar-refractivity contribution >= 4 is 82.0 Å². The molecule has 0 N–H and O–H groups in total. The summed E-state index contributed by atoms with van der Waals surface area (Å²) in [5.74, 6) is 0. The van der Waals surface area contributed by atoms with Gasteiger partial charge in [0.05, 0.1) is 38.6 Å². The van der Waals surface area contributed by atoms with Crippen LogP contribution in [0.2, 0.25) is 0 Å². The molecule has 0 unspecified atom stereocenters. The van der Waals surface area contributed by atoms with Gasteiger partial charge in [0.1, 0.15) is 5.65 Å². The first-order valence-electron chi connectivity index (χ1n) is 16.1. The van der Waals surface area contributed by atoms with E-state index >= 15 is 0 Å². The summed E-state index contributed by atoms with van der Waals surface area (Å²) in [5, 5.41) is 8.51. The SMILES string of the molecule is c1ccc(-n2c3ccccc3c3cc4c(cc32)c2ccc3c(c5ccccc5n3-c3ccccc3)c2n2c3ccccc3nc42)cc1. The van der Waals surface area contributed by atoms with Gasteiger partial charge in [-0.3, -0.25) is 4.40 Å². The van der Waals surface area contributed by atoms with Crippen LogP contribution in [0, 0.1) is 0 Å². The fraction of sp³-hybridized carbons (Fsp3) is 0. The molecule has 47 heavy (non-hydrogen) atoms. The Morgan fingerprint density at radius 1 is 0.362 bits per heavy atom. The predicted molar refractivity (Wildman–Crippen MR) is 196 cm³/mol. The second kappa shape index (κ2) is 9.09. The highest BCUT2D eigenvalue weighted by Gasteiger charge is 2.22. The molecule has 0 amide bonds. The van der Waals surface area contributed by atoms with Gasteiger partial charge in [0.2, 0.25) is 0 Å². The highest BCUT2D eigenvalue weighted by molar-refractivity contribution is 6.28. The van der Waals surface area contributed by atoms with Crippen LogP contribution in [0.3, 0.4) is 0 Å². The number of hydrogen-bond donors (Lipinski definition) is 0. The van der Waals surface area contributed by atoms with Crippen molar-refractivity contribution in [2.24, 2.45) is 0 Å². The van der Waals surface area contributed by atoms with Crippen molar-refractivity contribution < 1.29 is 0 Å². The molecule has 4 heteroatoms. The number of benzene rings is 7. The Morgan fingerprint density at radius 3 is 1.70 bits per heavy atom. The molecule has 0 aliphatic heterocycles. The van der Waals surface area contributed by atoms with E-state index in [0.29, 0.717) is 0 Å². The van der Waals surface area contributed by atoms with Gasteiger partial charge in [0.15, 0.2) is 0 Å². The molecule has 7 aromatic carbocycles. The molecule has 4 nitrogen and oxygen atoms in total. The summed E-state index contributed by atoms with van der Waals surface area (Å²) in [6, 6.07) is 56.9. The second-order valence-corrected chi connectivity index (χ2v) is 12.4. The first kappa shape index (κ1) is 24.9. The predicted octanol–water partition coefficient (Wildman–Crippen LogP) is 11.0. The van der Waals surface area contributed by atoms with Gasteiger partial charge in [-0.05, 0) is 72.1 Å². The summed E-state index contributed by atoms with van der Waals surface area (Å²) in [6.45, 7) is 0. The lowest BCUT2D eigenvalue weighted by atomic mass is 10.00. The minimum absolute atomic E-state index is 0.983. The van der Waals surface area contributed by atoms with Crippen molar-refractivity contribution in [3.05, 3.63) is 158 Å². The molecule has 0 spiro atoms. The van der Waals surface area contributed by atoms with Crippen molar-refractivity contribution in [3.8, 4) is 11.4 Å². The topological polar surface area (TPSA) is 27.2 Å². The van der Waals surface area contributed by atoms with E-state index in [1.54, 1.807) is 0 Å². The lowest BCUT2D eigenvalue weighted by molar-refractivity contribution is 1.18. The maximum atomic E-state index is 5.35. The van der Waals surface area contributed by atoms with Gasteiger partial charge in [-0.1, -0.05) is 91.0 Å². The summed E-state index contributed by atoms with van der Waals surface area (Å²) in [5.41, 5.74) is 11.4. The number of aromatic nitrogens is 4. The molecule has 0 saturated carbocycles. The second-order valence-electron chi connectivity index (χ2n) is 12.4. The van der Waals surface area contributed by atoms with E-state index < -0.39 is 0 Å². The quantitative estimate of drug-likeness (QED) is 0.182. The van der Waals surface area contributed by atoms with E-state index in [4.69, 9.17) is 4.98 Å². The van der Waals surface area contributed by atoms with Gasteiger partial charge in [-0.25, -0.2) is 4.98 Å². The number of hydrogen-bond acceptors (Lipinski definition) is 1. The lowest BCUT2D eigenvalue weighted by Gasteiger charge is -2.13. The van der Waals surface area contributed by atoms with Crippen LogP contribution in [-0.4, -0.2) is 18.5 Å². The Balaban J connectivity index is 1.42. The molecule has 0 aliphatic rings. The van der Waals surface area contributed by atoms with Crippen LogP contribution in [0.5, 0.6) is 0 Å². The Labute approximate surface area is 268 Å². The van der Waals surface area contributed by atoms with Crippen molar-refractivity contribution in [1.82, 2.24) is 18.5 Å². The number of para-hydroxylation sites is 6. The average Bonchev–Trinajstić information content (AvgIpc) is 3.79. The Hall–Kier alpha value is -6.39. The number of imidazole rings is 1. The van der Waals surface area contributed by atoms with Crippen LogP contribution < -0.4 is 0 Å². The Kier molecular flexibility index (Phi) is 4.81. The molecule has 4 heterocycles. The van der Waals surface area contributed by atoms with Crippen molar-refractivity contribution in [2.45, 2.75) is 0 Å². The molecule has 0 atom stereocenters. The third-order valence-electron chi connectivity index (χ3n) is 9.97. The molecule has 0 bridgehead atoms. The van der Waals surface area contributed by atoms with Crippen LogP contribution in [-0.2, 0) is 0 Å². The fourth-order valence-corrected chi connectivity index (χ4v) is 8.06. The van der Waals surface area contributed by atoms with Crippen molar-refractivity contribution in [1.29, 1.82) is 0 Å². The summed E-state index contributed by atoms with van der Waals surface area (Å²) in [6.07, 6.45) is 0. The number of pyridine rings is 1. The zero-order valence-electron chi connectivity index (χ0n) is 25.3. The van der Waals surface area contributed by atoms with Crippen LogP contribution in [0.4, 0.5) is 0 Å². The minimum Gasteiger partial charge on any atom is -0.309 e. The van der Waals surface area contributed by atoms with Gasteiger partial charge in [0, 0.05) is 43.7 Å². The van der Waals surface area contributed by atoms with E-state index in [1.165, 1.54) is 59.9 Å². The molecule has 0 fully saturated rings. The van der Waals surface area contributed by atoms with E-state index in [9.17, 15) is 0 Å². The van der Waals surface area contributed by atoms with Crippen molar-refractivity contribution in [3.63, 3.8) is 0 Å². The minimum atomic E-state index is 0.983. The zero-order chi connectivity index (χ0) is 30.6. The molecule has 11 rings (SSSR count). The summed E-state index contributed by atoms with van der Waals surface area (Å²) in [7, 11) is 0. The monoisotopic (exact) mass is 598 g/mol. The normalized spacial score (nSPS) is 12.3. The van der Waals surface area contributed by atoms with Gasteiger partial charge in [0.25, 0.3) is 0 Å². The van der Waals surface area contributed by atoms with Gasteiger partial charge < -0.3 is 9.13 Å². The third kappa shape index (κ3) is 3.23. The Bertz CT molecular complexity index is 3050. The molecule has 11 aromatic rings. The molecule has 218 valence electrons.